The second-order valence-electron chi connectivity index (χ2n) is 4.69. The van der Waals surface area contributed by atoms with E-state index in [4.69, 9.17) is 0 Å². The number of nitrogens with one attached hydrogen (secondary N) is 1. The minimum Gasteiger partial charge on any atom is -0.359 e. The molecule has 0 aliphatic rings. The van der Waals surface area contributed by atoms with E-state index in [1.807, 2.05) is 62.4 Å². The Labute approximate surface area is 127 Å². The molecule has 0 saturated carbocycles. The first-order valence-corrected chi connectivity index (χ1v) is 7.16. The first kappa shape index (κ1) is 14.5. The van der Waals surface area contributed by atoms with Crippen LogP contribution in [0.25, 0.3) is 0 Å². The van der Waals surface area contributed by atoms with E-state index in [9.17, 15) is 4.79 Å². The topological polar surface area (TPSA) is 29.1 Å². The smallest absolute Gasteiger partial charge is 0.187 e. The van der Waals surface area contributed by atoms with Crippen LogP contribution in [-0.4, -0.2) is 5.78 Å². The fourth-order valence-corrected chi connectivity index (χ4v) is 2.06. The van der Waals surface area contributed by atoms with Crippen LogP contribution in [0.1, 0.15) is 22.8 Å². The molecule has 0 amide bonds. The number of anilines is 1. The molecule has 0 aliphatic carbocycles. The molecule has 2 aromatic carbocycles. The van der Waals surface area contributed by atoms with Gasteiger partial charge >= 0.3 is 0 Å². The Hall–Kier alpha value is -1.87. The van der Waals surface area contributed by atoms with Gasteiger partial charge in [0.15, 0.2) is 5.78 Å². The summed E-state index contributed by atoms with van der Waals surface area (Å²) < 4.78 is 1.03. The molecule has 3 heteroatoms. The van der Waals surface area contributed by atoms with Crippen molar-refractivity contribution in [1.29, 1.82) is 0 Å². The molecule has 0 bridgehead atoms. The van der Waals surface area contributed by atoms with Crippen LogP contribution in [0.15, 0.2) is 64.8 Å². The number of rotatable bonds is 4. The largest absolute Gasteiger partial charge is 0.359 e. The van der Waals surface area contributed by atoms with Crippen LogP contribution in [0.3, 0.4) is 0 Å². The highest BCUT2D eigenvalue weighted by molar-refractivity contribution is 9.10. The Morgan fingerprint density at radius 2 is 1.65 bits per heavy atom. The van der Waals surface area contributed by atoms with E-state index in [0.29, 0.717) is 5.56 Å². The van der Waals surface area contributed by atoms with E-state index in [2.05, 4.69) is 21.2 Å². The van der Waals surface area contributed by atoms with Crippen molar-refractivity contribution in [3.63, 3.8) is 0 Å². The third kappa shape index (κ3) is 4.07. The molecule has 0 heterocycles. The molecule has 0 aromatic heterocycles. The lowest BCUT2D eigenvalue weighted by molar-refractivity contribution is 0.104. The molecule has 0 atom stereocenters. The molecule has 1 N–H and O–H groups in total. The highest BCUT2D eigenvalue weighted by Crippen LogP contribution is 2.16. The van der Waals surface area contributed by atoms with E-state index in [1.165, 1.54) is 0 Å². The van der Waals surface area contributed by atoms with Crippen LogP contribution in [-0.2, 0) is 0 Å². The summed E-state index contributed by atoms with van der Waals surface area (Å²) in [6.07, 6.45) is 1.62. The maximum Gasteiger partial charge on any atom is 0.187 e. The average molecular weight is 330 g/mol. The van der Waals surface area contributed by atoms with Crippen molar-refractivity contribution < 1.29 is 4.79 Å². The Bertz CT molecular complexity index is 627. The number of halogens is 1. The van der Waals surface area contributed by atoms with Gasteiger partial charge in [-0.2, -0.15) is 0 Å². The quantitative estimate of drug-likeness (QED) is 0.634. The fraction of sp³-hybridized carbons (Fsp3) is 0.118. The van der Waals surface area contributed by atoms with E-state index in [0.717, 1.165) is 21.4 Å². The summed E-state index contributed by atoms with van der Waals surface area (Å²) in [5.74, 6) is 0.00658. The first-order chi connectivity index (χ1) is 9.54. The van der Waals surface area contributed by atoms with Crippen LogP contribution in [0, 0.1) is 6.92 Å². The van der Waals surface area contributed by atoms with E-state index in [1.54, 1.807) is 6.08 Å². The van der Waals surface area contributed by atoms with Gasteiger partial charge in [-0.1, -0.05) is 45.8 Å². The third-order valence-electron chi connectivity index (χ3n) is 2.87. The number of hydrogen-bond acceptors (Lipinski definition) is 2. The summed E-state index contributed by atoms with van der Waals surface area (Å²) in [5, 5.41) is 3.20. The normalized spacial score (nSPS) is 11.2. The molecular formula is C17H16BrNO. The minimum absolute atomic E-state index is 0.00658. The second kappa shape index (κ2) is 6.53. The van der Waals surface area contributed by atoms with Crippen molar-refractivity contribution in [3.05, 3.63) is 75.9 Å². The summed E-state index contributed by atoms with van der Waals surface area (Å²) in [6.45, 7) is 3.89. The van der Waals surface area contributed by atoms with Gasteiger partial charge in [0.1, 0.15) is 0 Å². The maximum absolute atomic E-state index is 12.1. The summed E-state index contributed by atoms with van der Waals surface area (Å²) in [4.78, 5) is 12.1. The van der Waals surface area contributed by atoms with Gasteiger partial charge in [0.05, 0.1) is 0 Å². The predicted octanol–water partition coefficient (Wildman–Crippen LogP) is 4.96. The van der Waals surface area contributed by atoms with E-state index < -0.39 is 0 Å². The van der Waals surface area contributed by atoms with Crippen molar-refractivity contribution in [1.82, 2.24) is 0 Å². The number of carbonyl (C=O) groups is 1. The number of carbonyl (C=O) groups excluding carboxylic acids is 1. The second-order valence-corrected chi connectivity index (χ2v) is 5.61. The van der Waals surface area contributed by atoms with E-state index in [-0.39, 0.29) is 5.78 Å². The SMILES string of the molecule is C/C(=C\C(=O)c1ccc(C)cc1)Nc1ccc(Br)cc1. The highest BCUT2D eigenvalue weighted by atomic mass is 79.9. The molecule has 0 fully saturated rings. The fourth-order valence-electron chi connectivity index (χ4n) is 1.79. The lowest BCUT2D eigenvalue weighted by Gasteiger charge is -2.06. The van der Waals surface area contributed by atoms with Gasteiger partial charge in [-0.25, -0.2) is 0 Å². The van der Waals surface area contributed by atoms with Gasteiger partial charge in [-0.15, -0.1) is 0 Å². The molecule has 102 valence electrons. The number of allylic oxidation sites excluding steroid dienone is 2. The van der Waals surface area contributed by atoms with Crippen molar-refractivity contribution in [2.75, 3.05) is 5.32 Å². The third-order valence-corrected chi connectivity index (χ3v) is 3.40. The molecule has 0 spiro atoms. The van der Waals surface area contributed by atoms with Gasteiger partial charge < -0.3 is 5.32 Å². The number of hydrogen-bond donors (Lipinski definition) is 1. The maximum atomic E-state index is 12.1. The molecule has 0 aliphatic heterocycles. The Morgan fingerprint density at radius 1 is 1.05 bits per heavy atom. The Kier molecular flexibility index (Phi) is 4.74. The van der Waals surface area contributed by atoms with Crippen LogP contribution in [0.5, 0.6) is 0 Å². The zero-order valence-corrected chi connectivity index (χ0v) is 13.1. The standard InChI is InChI=1S/C17H16BrNO/c1-12-3-5-14(6-4-12)17(20)11-13(2)19-16-9-7-15(18)8-10-16/h3-11,19H,1-2H3/b13-11+. The molecule has 0 unspecified atom stereocenters. The average Bonchev–Trinajstić information content (AvgIpc) is 2.42. The van der Waals surface area contributed by atoms with Crippen LogP contribution >= 0.6 is 15.9 Å². The van der Waals surface area contributed by atoms with Crippen LogP contribution in [0.4, 0.5) is 5.69 Å². The van der Waals surface area contributed by atoms with Gasteiger partial charge in [0.25, 0.3) is 0 Å². The summed E-state index contributed by atoms with van der Waals surface area (Å²) in [6, 6.07) is 15.4. The van der Waals surface area contributed by atoms with Crippen molar-refractivity contribution in [2.45, 2.75) is 13.8 Å². The van der Waals surface area contributed by atoms with Gasteiger partial charge in [-0.3, -0.25) is 4.79 Å². The monoisotopic (exact) mass is 329 g/mol. The van der Waals surface area contributed by atoms with Gasteiger partial charge in [0.2, 0.25) is 0 Å². The van der Waals surface area contributed by atoms with E-state index >= 15 is 0 Å². The van der Waals surface area contributed by atoms with Gasteiger partial charge in [0, 0.05) is 27.5 Å². The Morgan fingerprint density at radius 3 is 2.25 bits per heavy atom. The van der Waals surface area contributed by atoms with Crippen LogP contribution in [0.2, 0.25) is 0 Å². The summed E-state index contributed by atoms with van der Waals surface area (Å²) in [5.41, 5.74) is 3.62. The van der Waals surface area contributed by atoms with Crippen molar-refractivity contribution in [3.8, 4) is 0 Å². The van der Waals surface area contributed by atoms with Crippen LogP contribution < -0.4 is 5.32 Å². The first-order valence-electron chi connectivity index (χ1n) is 6.36. The van der Waals surface area contributed by atoms with Gasteiger partial charge in [-0.05, 0) is 38.1 Å². The van der Waals surface area contributed by atoms with Crippen molar-refractivity contribution >= 4 is 27.4 Å². The number of ketones is 1. The molecule has 20 heavy (non-hydrogen) atoms. The predicted molar refractivity (Wildman–Crippen MR) is 87.0 cm³/mol. The highest BCUT2D eigenvalue weighted by Gasteiger charge is 2.03. The lowest BCUT2D eigenvalue weighted by Crippen LogP contribution is -2.01. The summed E-state index contributed by atoms with van der Waals surface area (Å²) in [7, 11) is 0. The molecule has 0 radical (unpaired) electrons. The molecular weight excluding hydrogens is 314 g/mol. The molecule has 2 aromatic rings. The van der Waals surface area contributed by atoms with Crippen molar-refractivity contribution in [2.24, 2.45) is 0 Å². The number of benzene rings is 2. The zero-order valence-electron chi connectivity index (χ0n) is 11.5. The molecule has 0 saturated heterocycles. The Balaban J connectivity index is 2.07. The minimum atomic E-state index is 0.00658. The molecule has 2 nitrogen and oxygen atoms in total. The molecule has 2 rings (SSSR count). The zero-order chi connectivity index (χ0) is 14.5. The lowest BCUT2D eigenvalue weighted by atomic mass is 10.1. The summed E-state index contributed by atoms with van der Waals surface area (Å²) >= 11 is 3.39. The number of aryl methyl sites for hydroxylation is 1.